The molecule has 0 spiro atoms. The highest BCUT2D eigenvalue weighted by atomic mass is 32.2. The van der Waals surface area contributed by atoms with Crippen LogP contribution in [0.25, 0.3) is 0 Å². The summed E-state index contributed by atoms with van der Waals surface area (Å²) in [5.74, 6) is 2.37. The maximum absolute atomic E-state index is 11.9. The van der Waals surface area contributed by atoms with Crippen molar-refractivity contribution in [2.45, 2.75) is 25.8 Å². The highest BCUT2D eigenvalue weighted by molar-refractivity contribution is 7.99. The number of aromatic nitrogens is 3. The normalized spacial score (nSPS) is 17.3. The number of amides is 1. The van der Waals surface area contributed by atoms with E-state index in [-0.39, 0.29) is 11.9 Å². The summed E-state index contributed by atoms with van der Waals surface area (Å²) < 4.78 is 1.82. The van der Waals surface area contributed by atoms with Crippen LogP contribution in [0.3, 0.4) is 0 Å². The molecule has 2 heterocycles. The van der Waals surface area contributed by atoms with Crippen LogP contribution in [-0.2, 0) is 11.8 Å². The van der Waals surface area contributed by atoms with Crippen LogP contribution >= 0.6 is 11.8 Å². The first kappa shape index (κ1) is 15.3. The molecule has 2 rings (SSSR count). The number of nitrogens with zero attached hydrogens (tertiary/aromatic N) is 4. The van der Waals surface area contributed by atoms with E-state index < -0.39 is 0 Å². The van der Waals surface area contributed by atoms with E-state index in [1.54, 1.807) is 18.1 Å². The van der Waals surface area contributed by atoms with Crippen molar-refractivity contribution in [3.63, 3.8) is 0 Å². The molecule has 112 valence electrons. The number of rotatable bonds is 7. The fourth-order valence-corrected chi connectivity index (χ4v) is 3.20. The monoisotopic (exact) mass is 297 g/mol. The fourth-order valence-electron chi connectivity index (χ4n) is 2.40. The lowest BCUT2D eigenvalue weighted by Crippen LogP contribution is -2.30. The van der Waals surface area contributed by atoms with Crippen molar-refractivity contribution in [3.05, 3.63) is 12.2 Å². The van der Waals surface area contributed by atoms with Crippen molar-refractivity contribution >= 4 is 17.7 Å². The van der Waals surface area contributed by atoms with E-state index in [4.69, 9.17) is 0 Å². The number of carbonyl (C=O) groups excluding carboxylic acids is 1. The largest absolute Gasteiger partial charge is 0.346 e. The second kappa shape index (κ2) is 7.64. The summed E-state index contributed by atoms with van der Waals surface area (Å²) in [6.45, 7) is 5.46. The predicted molar refractivity (Wildman–Crippen MR) is 80.6 cm³/mol. The van der Waals surface area contributed by atoms with Crippen molar-refractivity contribution in [1.29, 1.82) is 0 Å². The summed E-state index contributed by atoms with van der Waals surface area (Å²) in [7, 11) is 1.88. The lowest BCUT2D eigenvalue weighted by Gasteiger charge is -2.15. The van der Waals surface area contributed by atoms with Gasteiger partial charge in [0.1, 0.15) is 6.33 Å². The van der Waals surface area contributed by atoms with Gasteiger partial charge in [-0.1, -0.05) is 0 Å². The predicted octanol–water partition coefficient (Wildman–Crippen LogP) is 0.821. The molecule has 1 saturated heterocycles. The van der Waals surface area contributed by atoms with Gasteiger partial charge in [-0.25, -0.2) is 0 Å². The molecular weight excluding hydrogens is 274 g/mol. The molecular formula is C13H23N5OS. The van der Waals surface area contributed by atoms with Gasteiger partial charge >= 0.3 is 0 Å². The summed E-state index contributed by atoms with van der Waals surface area (Å²) in [5.41, 5.74) is 0. The maximum Gasteiger partial charge on any atom is 0.230 e. The molecule has 1 aliphatic heterocycles. The molecule has 0 aliphatic carbocycles. The van der Waals surface area contributed by atoms with Crippen molar-refractivity contribution in [1.82, 2.24) is 25.0 Å². The van der Waals surface area contributed by atoms with Gasteiger partial charge in [-0.15, -0.1) is 10.2 Å². The average Bonchev–Trinajstić information content (AvgIpc) is 3.05. The number of carbonyl (C=O) groups is 1. The highest BCUT2D eigenvalue weighted by Gasteiger charge is 2.14. The number of aryl methyl sites for hydroxylation is 1. The lowest BCUT2D eigenvalue weighted by atomic mass is 10.3. The Morgan fingerprint density at radius 3 is 2.90 bits per heavy atom. The first-order valence-corrected chi connectivity index (χ1v) is 8.25. The van der Waals surface area contributed by atoms with Crippen LogP contribution in [0, 0.1) is 0 Å². The van der Waals surface area contributed by atoms with E-state index in [1.807, 2.05) is 18.5 Å². The van der Waals surface area contributed by atoms with Crippen LogP contribution < -0.4 is 5.32 Å². The Labute approximate surface area is 124 Å². The number of nitrogens with one attached hydrogen (secondary N) is 1. The fraction of sp³-hybridized carbons (Fsp3) is 0.769. The van der Waals surface area contributed by atoms with Gasteiger partial charge in [0.25, 0.3) is 0 Å². The third-order valence-electron chi connectivity index (χ3n) is 3.49. The molecule has 1 aliphatic rings. The Morgan fingerprint density at radius 1 is 1.50 bits per heavy atom. The van der Waals surface area contributed by atoms with Gasteiger partial charge in [-0.3, -0.25) is 4.79 Å². The van der Waals surface area contributed by atoms with E-state index in [1.165, 1.54) is 25.9 Å². The van der Waals surface area contributed by atoms with Crippen molar-refractivity contribution in [2.75, 3.05) is 31.1 Å². The molecule has 1 aromatic rings. The third kappa shape index (κ3) is 4.49. The summed E-state index contributed by atoms with van der Waals surface area (Å²) in [5, 5.41) is 10.8. The van der Waals surface area contributed by atoms with E-state index in [0.717, 1.165) is 18.1 Å². The zero-order valence-corrected chi connectivity index (χ0v) is 13.0. The summed E-state index contributed by atoms with van der Waals surface area (Å²) in [4.78, 5) is 14.3. The quantitative estimate of drug-likeness (QED) is 0.755. The first-order valence-electron chi connectivity index (χ1n) is 7.10. The molecule has 7 heteroatoms. The Morgan fingerprint density at radius 2 is 2.25 bits per heavy atom. The van der Waals surface area contributed by atoms with Gasteiger partial charge in [0, 0.05) is 19.3 Å². The summed E-state index contributed by atoms with van der Waals surface area (Å²) in [6.07, 6.45) is 4.28. The van der Waals surface area contributed by atoms with E-state index in [9.17, 15) is 4.79 Å². The average molecular weight is 297 g/mol. The van der Waals surface area contributed by atoms with Gasteiger partial charge in [-0.2, -0.15) is 11.8 Å². The zero-order valence-electron chi connectivity index (χ0n) is 12.2. The van der Waals surface area contributed by atoms with Gasteiger partial charge in [0.15, 0.2) is 5.82 Å². The van der Waals surface area contributed by atoms with Gasteiger partial charge in [-0.05, 0) is 32.9 Å². The Kier molecular flexibility index (Phi) is 5.85. The molecule has 0 radical (unpaired) electrons. The highest BCUT2D eigenvalue weighted by Crippen LogP contribution is 2.10. The lowest BCUT2D eigenvalue weighted by molar-refractivity contribution is -0.119. The number of likely N-dealkylation sites (tertiary alicyclic amines) is 1. The van der Waals surface area contributed by atoms with Gasteiger partial charge in [0.2, 0.25) is 5.91 Å². The van der Waals surface area contributed by atoms with Crippen molar-refractivity contribution < 1.29 is 4.79 Å². The zero-order chi connectivity index (χ0) is 14.4. The molecule has 0 aromatic carbocycles. The smallest absolute Gasteiger partial charge is 0.230 e. The van der Waals surface area contributed by atoms with Crippen LogP contribution in [0.4, 0.5) is 0 Å². The van der Waals surface area contributed by atoms with Crippen LogP contribution in [0.5, 0.6) is 0 Å². The molecule has 1 aromatic heterocycles. The van der Waals surface area contributed by atoms with Gasteiger partial charge in [0.05, 0.1) is 11.8 Å². The van der Waals surface area contributed by atoms with Crippen molar-refractivity contribution in [2.24, 2.45) is 7.05 Å². The molecule has 0 bridgehead atoms. The minimum Gasteiger partial charge on any atom is -0.346 e. The maximum atomic E-state index is 11.9. The SMILES string of the molecule is CC(NC(=O)CSCCN1CCCC1)c1nncn1C. The molecule has 1 unspecified atom stereocenters. The van der Waals surface area contributed by atoms with Crippen LogP contribution in [0.15, 0.2) is 6.33 Å². The van der Waals surface area contributed by atoms with E-state index in [2.05, 4.69) is 20.4 Å². The first-order chi connectivity index (χ1) is 9.66. The second-order valence-corrected chi connectivity index (χ2v) is 6.30. The minimum absolute atomic E-state index is 0.0620. The Hall–Kier alpha value is -1.08. The van der Waals surface area contributed by atoms with E-state index >= 15 is 0 Å². The molecule has 1 fully saturated rings. The third-order valence-corrected chi connectivity index (χ3v) is 4.43. The number of hydrogen-bond donors (Lipinski definition) is 1. The summed E-state index contributed by atoms with van der Waals surface area (Å²) >= 11 is 1.70. The molecule has 20 heavy (non-hydrogen) atoms. The molecule has 0 saturated carbocycles. The summed E-state index contributed by atoms with van der Waals surface area (Å²) in [6, 6.07) is -0.103. The molecule has 1 amide bonds. The molecule has 6 nitrogen and oxygen atoms in total. The van der Waals surface area contributed by atoms with Crippen LogP contribution in [0.1, 0.15) is 31.6 Å². The molecule has 1 atom stereocenters. The second-order valence-electron chi connectivity index (χ2n) is 5.19. The standard InChI is InChI=1S/C13H23N5OS/c1-11(13-16-14-10-17(13)2)15-12(19)9-20-8-7-18-5-3-4-6-18/h10-11H,3-9H2,1-2H3,(H,15,19). The Bertz CT molecular complexity index is 430. The Balaban J connectivity index is 1.61. The number of hydrogen-bond acceptors (Lipinski definition) is 5. The topological polar surface area (TPSA) is 63.1 Å². The van der Waals surface area contributed by atoms with E-state index in [0.29, 0.717) is 5.75 Å². The van der Waals surface area contributed by atoms with Crippen molar-refractivity contribution in [3.8, 4) is 0 Å². The number of thioether (sulfide) groups is 1. The molecule has 1 N–H and O–H groups in total. The van der Waals surface area contributed by atoms with Gasteiger partial charge < -0.3 is 14.8 Å². The van der Waals surface area contributed by atoms with Crippen LogP contribution in [0.2, 0.25) is 0 Å². The minimum atomic E-state index is -0.103. The van der Waals surface area contributed by atoms with Crippen LogP contribution in [-0.4, -0.2) is 56.7 Å².